The number of aliphatic carboxylic acids is 1. The van der Waals surface area contributed by atoms with Gasteiger partial charge in [-0.15, -0.1) is 0 Å². The average molecular weight is 205 g/mol. The van der Waals surface area contributed by atoms with Gasteiger partial charge in [0.2, 0.25) is 0 Å². The molecule has 0 saturated carbocycles. The standard InChI is InChI=1S/C12H15NO2/c1-13(2)11(8-9-12(14)15)10-6-4-3-5-7-10/h3-9,11H,1-2H3,(H,14,15)/b9-8+. The van der Waals surface area contributed by atoms with Crippen LogP contribution in [0.25, 0.3) is 0 Å². The highest BCUT2D eigenvalue weighted by atomic mass is 16.4. The molecule has 0 fully saturated rings. The van der Waals surface area contributed by atoms with Gasteiger partial charge in [0.25, 0.3) is 0 Å². The van der Waals surface area contributed by atoms with Gasteiger partial charge in [0.1, 0.15) is 0 Å². The van der Waals surface area contributed by atoms with E-state index in [0.717, 1.165) is 5.56 Å². The van der Waals surface area contributed by atoms with Crippen LogP contribution in [0.1, 0.15) is 11.6 Å². The first-order chi connectivity index (χ1) is 7.11. The number of hydrogen-bond donors (Lipinski definition) is 1. The first-order valence-electron chi connectivity index (χ1n) is 4.74. The summed E-state index contributed by atoms with van der Waals surface area (Å²) in [6.07, 6.45) is 2.86. The highest BCUT2D eigenvalue weighted by molar-refractivity contribution is 5.79. The van der Waals surface area contributed by atoms with E-state index in [2.05, 4.69) is 0 Å². The topological polar surface area (TPSA) is 40.5 Å². The highest BCUT2D eigenvalue weighted by Gasteiger charge is 2.09. The monoisotopic (exact) mass is 205 g/mol. The van der Waals surface area contributed by atoms with E-state index in [1.165, 1.54) is 6.08 Å². The normalized spacial score (nSPS) is 13.3. The molecule has 1 atom stereocenters. The molecule has 3 heteroatoms. The highest BCUT2D eigenvalue weighted by Crippen LogP contribution is 2.18. The largest absolute Gasteiger partial charge is 0.478 e. The molecule has 0 spiro atoms. The van der Waals surface area contributed by atoms with E-state index in [1.54, 1.807) is 6.08 Å². The summed E-state index contributed by atoms with van der Waals surface area (Å²) < 4.78 is 0. The maximum absolute atomic E-state index is 10.5. The van der Waals surface area contributed by atoms with Crippen molar-refractivity contribution in [3.05, 3.63) is 48.0 Å². The Morgan fingerprint density at radius 1 is 1.33 bits per heavy atom. The van der Waals surface area contributed by atoms with Crippen LogP contribution in [0.15, 0.2) is 42.5 Å². The van der Waals surface area contributed by atoms with E-state index in [9.17, 15) is 4.79 Å². The zero-order valence-electron chi connectivity index (χ0n) is 8.92. The Morgan fingerprint density at radius 3 is 2.40 bits per heavy atom. The number of carbonyl (C=O) groups is 1. The molecule has 0 amide bonds. The molecule has 0 aromatic heterocycles. The molecule has 0 bridgehead atoms. The predicted molar refractivity (Wildman–Crippen MR) is 59.6 cm³/mol. The molecule has 1 aromatic rings. The zero-order valence-corrected chi connectivity index (χ0v) is 8.92. The second-order valence-electron chi connectivity index (χ2n) is 3.52. The number of carboxylic acid groups (broad SMARTS) is 1. The predicted octanol–water partition coefficient (Wildman–Crippen LogP) is 1.93. The van der Waals surface area contributed by atoms with Crippen molar-refractivity contribution < 1.29 is 9.90 Å². The van der Waals surface area contributed by atoms with Crippen LogP contribution in [0.4, 0.5) is 0 Å². The van der Waals surface area contributed by atoms with E-state index in [1.807, 2.05) is 49.3 Å². The summed E-state index contributed by atoms with van der Waals surface area (Å²) >= 11 is 0. The third kappa shape index (κ3) is 3.56. The van der Waals surface area contributed by atoms with Gasteiger partial charge in [-0.1, -0.05) is 36.4 Å². The number of hydrogen-bond acceptors (Lipinski definition) is 2. The second-order valence-corrected chi connectivity index (χ2v) is 3.52. The van der Waals surface area contributed by atoms with Crippen molar-refractivity contribution in [2.45, 2.75) is 6.04 Å². The molecule has 1 unspecified atom stereocenters. The number of likely N-dealkylation sites (N-methyl/N-ethyl adjacent to an activating group) is 1. The molecule has 0 saturated heterocycles. The fourth-order valence-electron chi connectivity index (χ4n) is 1.41. The van der Waals surface area contributed by atoms with Gasteiger partial charge in [0, 0.05) is 6.08 Å². The first kappa shape index (κ1) is 11.5. The lowest BCUT2D eigenvalue weighted by Crippen LogP contribution is -2.18. The maximum atomic E-state index is 10.5. The number of carboxylic acids is 1. The lowest BCUT2D eigenvalue weighted by molar-refractivity contribution is -0.131. The van der Waals surface area contributed by atoms with E-state index < -0.39 is 5.97 Å². The van der Waals surface area contributed by atoms with Crippen LogP contribution >= 0.6 is 0 Å². The Kier molecular flexibility index (Phi) is 4.06. The molecule has 0 aliphatic carbocycles. The SMILES string of the molecule is CN(C)C(/C=C/C(=O)O)c1ccccc1. The quantitative estimate of drug-likeness (QED) is 0.763. The van der Waals surface area contributed by atoms with Gasteiger partial charge in [0.05, 0.1) is 6.04 Å². The fraction of sp³-hybridized carbons (Fsp3) is 0.250. The second kappa shape index (κ2) is 5.32. The van der Waals surface area contributed by atoms with Crippen molar-refractivity contribution in [1.82, 2.24) is 4.90 Å². The van der Waals surface area contributed by atoms with Crippen molar-refractivity contribution >= 4 is 5.97 Å². The summed E-state index contributed by atoms with van der Waals surface area (Å²) in [4.78, 5) is 12.4. The Hall–Kier alpha value is -1.61. The Morgan fingerprint density at radius 2 is 1.93 bits per heavy atom. The van der Waals surface area contributed by atoms with Crippen LogP contribution in [-0.2, 0) is 4.79 Å². The molecular formula is C12H15NO2. The fourth-order valence-corrected chi connectivity index (χ4v) is 1.41. The zero-order chi connectivity index (χ0) is 11.3. The lowest BCUT2D eigenvalue weighted by atomic mass is 10.1. The van der Waals surface area contributed by atoms with Crippen LogP contribution in [0, 0.1) is 0 Å². The Bertz CT molecular complexity index is 344. The number of benzene rings is 1. The average Bonchev–Trinajstić information content (AvgIpc) is 2.18. The summed E-state index contributed by atoms with van der Waals surface area (Å²) in [7, 11) is 3.84. The van der Waals surface area contributed by atoms with Crippen molar-refractivity contribution in [3.63, 3.8) is 0 Å². The van der Waals surface area contributed by atoms with Crippen molar-refractivity contribution in [2.24, 2.45) is 0 Å². The van der Waals surface area contributed by atoms with Crippen molar-refractivity contribution in [1.29, 1.82) is 0 Å². The Balaban J connectivity index is 2.89. The lowest BCUT2D eigenvalue weighted by Gasteiger charge is -2.21. The van der Waals surface area contributed by atoms with Crippen LogP contribution < -0.4 is 0 Å². The molecule has 0 aliphatic heterocycles. The molecule has 0 radical (unpaired) electrons. The van der Waals surface area contributed by atoms with Gasteiger partial charge < -0.3 is 5.11 Å². The van der Waals surface area contributed by atoms with Gasteiger partial charge >= 0.3 is 5.97 Å². The van der Waals surface area contributed by atoms with Gasteiger partial charge in [-0.05, 0) is 19.7 Å². The maximum Gasteiger partial charge on any atom is 0.328 e. The van der Waals surface area contributed by atoms with Crippen LogP contribution in [0.5, 0.6) is 0 Å². The van der Waals surface area contributed by atoms with Crippen molar-refractivity contribution in [3.8, 4) is 0 Å². The van der Waals surface area contributed by atoms with Crippen LogP contribution in [0.3, 0.4) is 0 Å². The van der Waals surface area contributed by atoms with Crippen LogP contribution in [0.2, 0.25) is 0 Å². The number of rotatable bonds is 4. The van der Waals surface area contributed by atoms with E-state index in [-0.39, 0.29) is 6.04 Å². The van der Waals surface area contributed by atoms with E-state index >= 15 is 0 Å². The molecule has 15 heavy (non-hydrogen) atoms. The van der Waals surface area contributed by atoms with Crippen LogP contribution in [-0.4, -0.2) is 30.1 Å². The molecule has 1 N–H and O–H groups in total. The molecule has 1 aromatic carbocycles. The smallest absolute Gasteiger partial charge is 0.328 e. The van der Waals surface area contributed by atoms with Gasteiger partial charge in [0.15, 0.2) is 0 Å². The van der Waals surface area contributed by atoms with Crippen molar-refractivity contribution in [2.75, 3.05) is 14.1 Å². The molecule has 0 aliphatic rings. The van der Waals surface area contributed by atoms with Gasteiger partial charge in [-0.3, -0.25) is 4.90 Å². The molecule has 0 heterocycles. The molecule has 3 nitrogen and oxygen atoms in total. The minimum Gasteiger partial charge on any atom is -0.478 e. The summed E-state index contributed by atoms with van der Waals surface area (Å²) in [5, 5.41) is 8.59. The van der Waals surface area contributed by atoms with E-state index in [4.69, 9.17) is 5.11 Å². The first-order valence-corrected chi connectivity index (χ1v) is 4.74. The van der Waals surface area contributed by atoms with Gasteiger partial charge in [-0.25, -0.2) is 4.79 Å². The van der Waals surface area contributed by atoms with E-state index in [0.29, 0.717) is 0 Å². The van der Waals surface area contributed by atoms with Gasteiger partial charge in [-0.2, -0.15) is 0 Å². The summed E-state index contributed by atoms with van der Waals surface area (Å²) in [6.45, 7) is 0. The summed E-state index contributed by atoms with van der Waals surface area (Å²) in [5.41, 5.74) is 1.08. The summed E-state index contributed by atoms with van der Waals surface area (Å²) in [5.74, 6) is -0.919. The minimum atomic E-state index is -0.919. The Labute approximate surface area is 89.6 Å². The summed E-state index contributed by atoms with van der Waals surface area (Å²) in [6, 6.07) is 9.80. The molecular weight excluding hydrogens is 190 g/mol. The third-order valence-electron chi connectivity index (χ3n) is 2.12. The molecule has 1 rings (SSSR count). The minimum absolute atomic E-state index is 0.00213. The molecule has 80 valence electrons. The number of nitrogens with zero attached hydrogens (tertiary/aromatic N) is 1. The third-order valence-corrected chi connectivity index (χ3v) is 2.12.